The summed E-state index contributed by atoms with van der Waals surface area (Å²) in [6.07, 6.45) is -3.86. The Balaban J connectivity index is 2.87. The molecule has 2 atom stereocenters. The summed E-state index contributed by atoms with van der Waals surface area (Å²) in [6.45, 7) is -0.693. The predicted molar refractivity (Wildman–Crippen MR) is 66.6 cm³/mol. The average Bonchev–Trinajstić information content (AvgIpc) is 2.35. The number of urea groups is 1. The van der Waals surface area contributed by atoms with E-state index in [0.29, 0.717) is 11.3 Å². The number of hydrogen-bond acceptors (Lipinski definition) is 3. The van der Waals surface area contributed by atoms with Crippen molar-refractivity contribution in [3.05, 3.63) is 0 Å². The van der Waals surface area contributed by atoms with Crippen molar-refractivity contribution < 1.29 is 33.0 Å². The third-order valence-corrected chi connectivity index (χ3v) is 3.41. The monoisotopic (exact) mass is 312 g/mol. The Labute approximate surface area is 120 Å². The van der Waals surface area contributed by atoms with Crippen LogP contribution in [0.25, 0.3) is 0 Å². The molecule has 2 N–H and O–H groups in total. The molecule has 1 heterocycles. The summed E-state index contributed by atoms with van der Waals surface area (Å²) >= 11 is 0. The zero-order valence-electron chi connectivity index (χ0n) is 11.6. The van der Waals surface area contributed by atoms with Crippen LogP contribution in [0.3, 0.4) is 0 Å². The highest BCUT2D eigenvalue weighted by molar-refractivity contribution is 5.83. The number of likely N-dealkylation sites (tertiary alicyclic amines) is 1. The van der Waals surface area contributed by atoms with E-state index >= 15 is 0 Å². The van der Waals surface area contributed by atoms with Crippen molar-refractivity contribution in [2.45, 2.75) is 32.0 Å². The fourth-order valence-corrected chi connectivity index (χ4v) is 2.37. The van der Waals surface area contributed by atoms with E-state index in [2.05, 4.69) is 0 Å². The van der Waals surface area contributed by atoms with Crippen LogP contribution in [0.4, 0.5) is 18.0 Å². The van der Waals surface area contributed by atoms with Crippen LogP contribution in [0, 0.1) is 5.92 Å². The fraction of sp³-hybridized carbons (Fsp3) is 0.833. The molecule has 0 aliphatic carbocycles. The molecule has 122 valence electrons. The number of rotatable bonds is 4. The molecular formula is C12H19F3N2O4. The standard InChI is InChI=1S/C12H19F3N2O4/c1-8-2-3-17(9(6-8)10(19)20)11(21)16(4-5-18)7-12(13,14)15/h8-9,18H,2-7H2,1H3,(H,19,20). The van der Waals surface area contributed by atoms with Gasteiger partial charge >= 0.3 is 18.2 Å². The van der Waals surface area contributed by atoms with E-state index in [9.17, 15) is 22.8 Å². The van der Waals surface area contributed by atoms with Crippen LogP contribution in [0.2, 0.25) is 0 Å². The molecule has 0 aromatic heterocycles. The van der Waals surface area contributed by atoms with Gasteiger partial charge in [-0.25, -0.2) is 9.59 Å². The average molecular weight is 312 g/mol. The molecule has 2 amide bonds. The minimum atomic E-state index is -4.60. The normalized spacial score (nSPS) is 23.0. The van der Waals surface area contributed by atoms with Crippen LogP contribution in [-0.4, -0.2) is 70.5 Å². The van der Waals surface area contributed by atoms with Crippen molar-refractivity contribution in [1.82, 2.24) is 9.80 Å². The molecule has 1 aliphatic rings. The van der Waals surface area contributed by atoms with Gasteiger partial charge in [0.25, 0.3) is 0 Å². The minimum Gasteiger partial charge on any atom is -0.480 e. The van der Waals surface area contributed by atoms with E-state index in [1.54, 1.807) is 0 Å². The molecule has 0 radical (unpaired) electrons. The Kier molecular flexibility index (Phi) is 5.82. The summed E-state index contributed by atoms with van der Waals surface area (Å²) in [5, 5.41) is 17.9. The number of aliphatic hydroxyl groups excluding tert-OH is 1. The van der Waals surface area contributed by atoms with Crippen LogP contribution in [0.5, 0.6) is 0 Å². The smallest absolute Gasteiger partial charge is 0.406 e. The number of alkyl halides is 3. The zero-order valence-corrected chi connectivity index (χ0v) is 11.6. The lowest BCUT2D eigenvalue weighted by atomic mass is 9.92. The molecule has 9 heteroatoms. The Morgan fingerprint density at radius 1 is 1.38 bits per heavy atom. The summed E-state index contributed by atoms with van der Waals surface area (Å²) in [5.74, 6) is -1.14. The van der Waals surface area contributed by atoms with Crippen molar-refractivity contribution in [2.75, 3.05) is 26.2 Å². The van der Waals surface area contributed by atoms with Crippen molar-refractivity contribution >= 4 is 12.0 Å². The van der Waals surface area contributed by atoms with Gasteiger partial charge in [0.15, 0.2) is 0 Å². The van der Waals surface area contributed by atoms with Gasteiger partial charge in [0.05, 0.1) is 6.61 Å². The number of hydrogen-bond donors (Lipinski definition) is 2. The van der Waals surface area contributed by atoms with E-state index in [-0.39, 0.29) is 18.9 Å². The molecule has 0 aromatic rings. The number of carboxylic acid groups (broad SMARTS) is 1. The second-order valence-electron chi connectivity index (χ2n) is 5.22. The quantitative estimate of drug-likeness (QED) is 0.816. The maximum Gasteiger partial charge on any atom is 0.406 e. The summed E-state index contributed by atoms with van der Waals surface area (Å²) in [7, 11) is 0. The first-order valence-electron chi connectivity index (χ1n) is 6.61. The highest BCUT2D eigenvalue weighted by Gasteiger charge is 2.40. The second kappa shape index (κ2) is 6.97. The summed E-state index contributed by atoms with van der Waals surface area (Å²) in [5.41, 5.74) is 0. The molecule has 1 saturated heterocycles. The summed E-state index contributed by atoms with van der Waals surface area (Å²) in [6, 6.07) is -2.13. The Bertz CT molecular complexity index is 389. The number of aliphatic carboxylic acids is 1. The van der Waals surface area contributed by atoms with E-state index in [4.69, 9.17) is 10.2 Å². The Morgan fingerprint density at radius 3 is 2.48 bits per heavy atom. The third kappa shape index (κ3) is 5.07. The summed E-state index contributed by atoms with van der Waals surface area (Å²) in [4.78, 5) is 24.7. The number of piperidine rings is 1. The molecule has 0 spiro atoms. The molecule has 21 heavy (non-hydrogen) atoms. The SMILES string of the molecule is CC1CCN(C(=O)N(CCO)CC(F)(F)F)C(C(=O)O)C1. The van der Waals surface area contributed by atoms with Crippen LogP contribution in [0.1, 0.15) is 19.8 Å². The summed E-state index contributed by atoms with van der Waals surface area (Å²) < 4.78 is 37.4. The number of aliphatic hydroxyl groups is 1. The number of nitrogens with zero attached hydrogens (tertiary/aromatic N) is 2. The van der Waals surface area contributed by atoms with Gasteiger partial charge in [0.2, 0.25) is 0 Å². The van der Waals surface area contributed by atoms with Gasteiger partial charge in [0.1, 0.15) is 12.6 Å². The number of amides is 2. The third-order valence-electron chi connectivity index (χ3n) is 3.41. The largest absolute Gasteiger partial charge is 0.480 e. The molecule has 0 bridgehead atoms. The highest BCUT2D eigenvalue weighted by Crippen LogP contribution is 2.25. The fourth-order valence-electron chi connectivity index (χ4n) is 2.37. The van der Waals surface area contributed by atoms with Gasteiger partial charge in [-0.05, 0) is 18.8 Å². The molecular weight excluding hydrogens is 293 g/mol. The van der Waals surface area contributed by atoms with Crippen molar-refractivity contribution in [2.24, 2.45) is 5.92 Å². The lowest BCUT2D eigenvalue weighted by molar-refractivity contribution is -0.146. The molecule has 0 saturated carbocycles. The number of halogens is 3. The molecule has 1 aliphatic heterocycles. The van der Waals surface area contributed by atoms with Crippen molar-refractivity contribution in [1.29, 1.82) is 0 Å². The van der Waals surface area contributed by atoms with Gasteiger partial charge < -0.3 is 20.0 Å². The number of carbonyl (C=O) groups excluding carboxylic acids is 1. The van der Waals surface area contributed by atoms with Crippen LogP contribution >= 0.6 is 0 Å². The van der Waals surface area contributed by atoms with Crippen molar-refractivity contribution in [3.8, 4) is 0 Å². The van der Waals surface area contributed by atoms with Crippen LogP contribution in [-0.2, 0) is 4.79 Å². The van der Waals surface area contributed by atoms with Gasteiger partial charge in [-0.15, -0.1) is 0 Å². The van der Waals surface area contributed by atoms with E-state index < -0.39 is 43.9 Å². The molecule has 0 aromatic carbocycles. The predicted octanol–water partition coefficient (Wildman–Crippen LogP) is 1.15. The molecule has 1 rings (SSSR count). The topological polar surface area (TPSA) is 81.1 Å². The van der Waals surface area contributed by atoms with Gasteiger partial charge in [-0.3, -0.25) is 0 Å². The zero-order chi connectivity index (χ0) is 16.2. The van der Waals surface area contributed by atoms with E-state index in [0.717, 1.165) is 4.90 Å². The Morgan fingerprint density at radius 2 is 2.00 bits per heavy atom. The first-order valence-corrected chi connectivity index (χ1v) is 6.61. The lowest BCUT2D eigenvalue weighted by Crippen LogP contribution is -2.56. The first-order chi connectivity index (χ1) is 9.65. The molecule has 1 fully saturated rings. The van der Waals surface area contributed by atoms with Crippen LogP contribution in [0.15, 0.2) is 0 Å². The highest BCUT2D eigenvalue weighted by atomic mass is 19.4. The minimum absolute atomic E-state index is 0.0871. The van der Waals surface area contributed by atoms with Gasteiger partial charge in [0, 0.05) is 13.1 Å². The van der Waals surface area contributed by atoms with Gasteiger partial charge in [-0.2, -0.15) is 13.2 Å². The molecule has 2 unspecified atom stereocenters. The van der Waals surface area contributed by atoms with Gasteiger partial charge in [-0.1, -0.05) is 6.92 Å². The van der Waals surface area contributed by atoms with Crippen molar-refractivity contribution in [3.63, 3.8) is 0 Å². The molecule has 6 nitrogen and oxygen atoms in total. The van der Waals surface area contributed by atoms with E-state index in [1.165, 1.54) is 0 Å². The number of carboxylic acids is 1. The maximum atomic E-state index is 12.5. The van der Waals surface area contributed by atoms with Crippen LogP contribution < -0.4 is 0 Å². The Hall–Kier alpha value is -1.51. The second-order valence-corrected chi connectivity index (χ2v) is 5.22. The first kappa shape index (κ1) is 17.5. The lowest BCUT2D eigenvalue weighted by Gasteiger charge is -2.39. The maximum absolute atomic E-state index is 12.5. The number of carbonyl (C=O) groups is 2. The van der Waals surface area contributed by atoms with E-state index in [1.807, 2.05) is 6.92 Å².